The minimum Gasteiger partial charge on any atom is -0.394 e. The highest BCUT2D eigenvalue weighted by molar-refractivity contribution is 5.06. The van der Waals surface area contributed by atoms with Crippen LogP contribution in [0.2, 0.25) is 0 Å². The summed E-state index contributed by atoms with van der Waals surface area (Å²) in [6.07, 6.45) is 9.17. The summed E-state index contributed by atoms with van der Waals surface area (Å²) in [5.41, 5.74) is 0.559. The minimum absolute atomic E-state index is 0.00111. The molecule has 3 aliphatic rings. The van der Waals surface area contributed by atoms with Gasteiger partial charge in [-0.25, -0.2) is 0 Å². The topological polar surface area (TPSA) is 35.5 Å². The van der Waals surface area contributed by atoms with Crippen LogP contribution in [0.5, 0.6) is 0 Å². The Labute approximate surface area is 124 Å². The lowest BCUT2D eigenvalue weighted by molar-refractivity contribution is 0.0508. The number of nitrogens with zero attached hydrogens (tertiary/aromatic N) is 1. The normalized spacial score (nSPS) is 30.1. The molecule has 20 heavy (non-hydrogen) atoms. The van der Waals surface area contributed by atoms with E-state index >= 15 is 0 Å². The summed E-state index contributed by atoms with van der Waals surface area (Å²) in [4.78, 5) is 2.61. The first-order valence-electron chi connectivity index (χ1n) is 8.70. The Kier molecular flexibility index (Phi) is 4.13. The highest BCUT2D eigenvalue weighted by Crippen LogP contribution is 2.43. The molecule has 1 aliphatic heterocycles. The SMILES string of the molecule is CCC1(C)CCN(CC(CO)(NC2CC2)C2CC2)CC1. The summed E-state index contributed by atoms with van der Waals surface area (Å²) in [7, 11) is 0. The molecule has 3 nitrogen and oxygen atoms in total. The number of piperidine rings is 1. The van der Waals surface area contributed by atoms with Gasteiger partial charge in [-0.1, -0.05) is 20.3 Å². The molecule has 1 saturated heterocycles. The molecule has 0 spiro atoms. The van der Waals surface area contributed by atoms with Gasteiger partial charge >= 0.3 is 0 Å². The van der Waals surface area contributed by atoms with Crippen LogP contribution in [0.25, 0.3) is 0 Å². The van der Waals surface area contributed by atoms with E-state index in [2.05, 4.69) is 24.1 Å². The molecule has 2 aliphatic carbocycles. The Bertz CT molecular complexity index is 330. The maximum atomic E-state index is 10.1. The molecule has 0 aromatic heterocycles. The summed E-state index contributed by atoms with van der Waals surface area (Å²) >= 11 is 0. The lowest BCUT2D eigenvalue weighted by Crippen LogP contribution is -2.60. The third-order valence-electron chi connectivity index (χ3n) is 6.13. The van der Waals surface area contributed by atoms with Crippen LogP contribution in [0.15, 0.2) is 0 Å². The molecule has 0 aromatic carbocycles. The molecule has 0 aromatic rings. The summed E-state index contributed by atoms with van der Waals surface area (Å²) in [5, 5.41) is 13.9. The molecule has 3 heteroatoms. The van der Waals surface area contributed by atoms with Crippen LogP contribution >= 0.6 is 0 Å². The van der Waals surface area contributed by atoms with Crippen LogP contribution in [0.1, 0.15) is 58.8 Å². The second kappa shape index (κ2) is 5.58. The second-order valence-corrected chi connectivity index (χ2v) is 7.95. The first-order valence-corrected chi connectivity index (χ1v) is 8.70. The van der Waals surface area contributed by atoms with E-state index in [0.717, 1.165) is 6.54 Å². The van der Waals surface area contributed by atoms with Gasteiger partial charge in [-0.3, -0.25) is 0 Å². The van der Waals surface area contributed by atoms with Crippen molar-refractivity contribution in [3.05, 3.63) is 0 Å². The molecule has 116 valence electrons. The Morgan fingerprint density at radius 1 is 1.20 bits per heavy atom. The van der Waals surface area contributed by atoms with E-state index in [-0.39, 0.29) is 5.54 Å². The van der Waals surface area contributed by atoms with Gasteiger partial charge in [0.15, 0.2) is 0 Å². The van der Waals surface area contributed by atoms with E-state index in [9.17, 15) is 5.11 Å². The van der Waals surface area contributed by atoms with E-state index in [1.165, 1.54) is 58.0 Å². The zero-order valence-electron chi connectivity index (χ0n) is 13.3. The number of aliphatic hydroxyl groups is 1. The monoisotopic (exact) mass is 280 g/mol. The van der Waals surface area contributed by atoms with Crippen molar-refractivity contribution < 1.29 is 5.11 Å². The summed E-state index contributed by atoms with van der Waals surface area (Å²) in [5.74, 6) is 0.715. The van der Waals surface area contributed by atoms with E-state index in [4.69, 9.17) is 0 Å². The van der Waals surface area contributed by atoms with Crippen molar-refractivity contribution in [2.45, 2.75) is 70.4 Å². The van der Waals surface area contributed by atoms with Crippen LogP contribution in [0, 0.1) is 11.3 Å². The minimum atomic E-state index is 0.00111. The average Bonchev–Trinajstić information content (AvgIpc) is 3.33. The fourth-order valence-corrected chi connectivity index (χ4v) is 3.79. The summed E-state index contributed by atoms with van der Waals surface area (Å²) in [6.45, 7) is 8.57. The van der Waals surface area contributed by atoms with E-state index in [1.807, 2.05) is 0 Å². The number of likely N-dealkylation sites (tertiary alicyclic amines) is 1. The Hall–Kier alpha value is -0.120. The van der Waals surface area contributed by atoms with Crippen LogP contribution in [0.4, 0.5) is 0 Å². The van der Waals surface area contributed by atoms with Gasteiger partial charge in [0.1, 0.15) is 0 Å². The Morgan fingerprint density at radius 3 is 2.30 bits per heavy atom. The van der Waals surface area contributed by atoms with Gasteiger partial charge in [0, 0.05) is 12.6 Å². The summed E-state index contributed by atoms with van der Waals surface area (Å²) in [6, 6.07) is 0.688. The highest BCUT2D eigenvalue weighted by Gasteiger charge is 2.48. The molecule has 2 N–H and O–H groups in total. The van der Waals surface area contributed by atoms with E-state index in [1.54, 1.807) is 0 Å². The van der Waals surface area contributed by atoms with Gasteiger partial charge in [-0.15, -0.1) is 0 Å². The van der Waals surface area contributed by atoms with Gasteiger partial charge in [-0.05, 0) is 62.9 Å². The number of nitrogens with one attached hydrogen (secondary N) is 1. The number of hydrogen-bond donors (Lipinski definition) is 2. The standard InChI is InChI=1S/C17H32N2O/c1-3-16(2)8-10-19(11-9-16)12-17(13-20,14-4-5-14)18-15-6-7-15/h14-15,18,20H,3-13H2,1-2H3. The second-order valence-electron chi connectivity index (χ2n) is 7.95. The van der Waals surface area contributed by atoms with Crippen molar-refractivity contribution in [2.75, 3.05) is 26.2 Å². The maximum Gasteiger partial charge on any atom is 0.0628 e. The summed E-state index contributed by atoms with van der Waals surface area (Å²) < 4.78 is 0. The molecular weight excluding hydrogens is 248 g/mol. The predicted molar refractivity (Wildman–Crippen MR) is 82.8 cm³/mol. The van der Waals surface area contributed by atoms with Gasteiger partial charge in [0.2, 0.25) is 0 Å². The average molecular weight is 280 g/mol. The molecule has 3 rings (SSSR count). The van der Waals surface area contributed by atoms with Crippen molar-refractivity contribution in [1.82, 2.24) is 10.2 Å². The predicted octanol–water partition coefficient (Wildman–Crippen LogP) is 2.39. The molecule has 3 fully saturated rings. The van der Waals surface area contributed by atoms with E-state index < -0.39 is 0 Å². The number of rotatable bonds is 7. The third-order valence-corrected chi connectivity index (χ3v) is 6.13. The lowest BCUT2D eigenvalue weighted by Gasteiger charge is -2.44. The van der Waals surface area contributed by atoms with Crippen LogP contribution in [-0.2, 0) is 0 Å². The molecular formula is C17H32N2O. The molecule has 2 saturated carbocycles. The molecule has 0 amide bonds. The number of aliphatic hydroxyl groups excluding tert-OH is 1. The van der Waals surface area contributed by atoms with E-state index in [0.29, 0.717) is 24.0 Å². The maximum absolute atomic E-state index is 10.1. The zero-order chi connectivity index (χ0) is 14.2. The van der Waals surface area contributed by atoms with Gasteiger partial charge in [-0.2, -0.15) is 0 Å². The fraction of sp³-hybridized carbons (Fsp3) is 1.00. The van der Waals surface area contributed by atoms with Crippen LogP contribution < -0.4 is 5.32 Å². The van der Waals surface area contributed by atoms with Gasteiger partial charge in [0.05, 0.1) is 12.1 Å². The largest absolute Gasteiger partial charge is 0.394 e. The fourth-order valence-electron chi connectivity index (χ4n) is 3.79. The van der Waals surface area contributed by atoms with Crippen molar-refractivity contribution >= 4 is 0 Å². The van der Waals surface area contributed by atoms with Crippen molar-refractivity contribution in [3.63, 3.8) is 0 Å². The Morgan fingerprint density at radius 2 is 1.85 bits per heavy atom. The molecule has 1 heterocycles. The van der Waals surface area contributed by atoms with Gasteiger partial charge in [0.25, 0.3) is 0 Å². The first-order chi connectivity index (χ1) is 9.59. The molecule has 1 unspecified atom stereocenters. The van der Waals surface area contributed by atoms with Crippen molar-refractivity contribution in [3.8, 4) is 0 Å². The lowest BCUT2D eigenvalue weighted by atomic mass is 9.78. The molecule has 0 radical (unpaired) electrons. The van der Waals surface area contributed by atoms with Crippen molar-refractivity contribution in [1.29, 1.82) is 0 Å². The van der Waals surface area contributed by atoms with Crippen LogP contribution in [-0.4, -0.2) is 47.8 Å². The smallest absolute Gasteiger partial charge is 0.0628 e. The van der Waals surface area contributed by atoms with Crippen LogP contribution in [0.3, 0.4) is 0 Å². The zero-order valence-corrected chi connectivity index (χ0v) is 13.3. The quantitative estimate of drug-likeness (QED) is 0.751. The number of hydrogen-bond acceptors (Lipinski definition) is 3. The molecule has 0 bridgehead atoms. The highest BCUT2D eigenvalue weighted by atomic mass is 16.3. The van der Waals surface area contributed by atoms with Gasteiger partial charge < -0.3 is 15.3 Å². The van der Waals surface area contributed by atoms with Crippen molar-refractivity contribution in [2.24, 2.45) is 11.3 Å². The Balaban J connectivity index is 1.59. The molecule has 1 atom stereocenters. The third kappa shape index (κ3) is 3.20. The first kappa shape index (κ1) is 14.8.